The van der Waals surface area contributed by atoms with Crippen molar-refractivity contribution in [2.45, 2.75) is 18.6 Å². The molecule has 1 aliphatic heterocycles. The Morgan fingerprint density at radius 1 is 1.29 bits per heavy atom. The third-order valence-corrected chi connectivity index (χ3v) is 3.44. The van der Waals surface area contributed by atoms with Gasteiger partial charge in [-0.25, -0.2) is 0 Å². The van der Waals surface area contributed by atoms with Crippen LogP contribution in [0.4, 0.5) is 18.9 Å². The predicted molar refractivity (Wildman–Crippen MR) is 78.9 cm³/mol. The Balaban J connectivity index is 0.00000161. The van der Waals surface area contributed by atoms with Gasteiger partial charge in [0.05, 0.1) is 11.1 Å². The maximum absolute atomic E-state index is 13.1. The van der Waals surface area contributed by atoms with Crippen LogP contribution in [0.25, 0.3) is 10.9 Å². The summed E-state index contributed by atoms with van der Waals surface area (Å²) in [5.74, 6) is 0. The van der Waals surface area contributed by atoms with Crippen LogP contribution in [0.3, 0.4) is 0 Å². The van der Waals surface area contributed by atoms with Crippen LogP contribution in [0.5, 0.6) is 0 Å². The van der Waals surface area contributed by atoms with E-state index in [0.717, 1.165) is 25.6 Å². The van der Waals surface area contributed by atoms with Crippen LogP contribution < -0.4 is 10.6 Å². The second kappa shape index (κ2) is 6.07. The molecule has 21 heavy (non-hydrogen) atoms. The maximum atomic E-state index is 13.1. The molecule has 2 heterocycles. The second-order valence-corrected chi connectivity index (χ2v) is 4.93. The number of alkyl halides is 3. The van der Waals surface area contributed by atoms with E-state index in [4.69, 9.17) is 0 Å². The van der Waals surface area contributed by atoms with Crippen molar-refractivity contribution in [1.29, 1.82) is 0 Å². The molecule has 0 spiro atoms. The van der Waals surface area contributed by atoms with Gasteiger partial charge in [0.15, 0.2) is 0 Å². The van der Waals surface area contributed by atoms with E-state index >= 15 is 0 Å². The molecule has 2 aromatic rings. The summed E-state index contributed by atoms with van der Waals surface area (Å²) in [6, 6.07) is 6.33. The van der Waals surface area contributed by atoms with Crippen molar-refractivity contribution in [2.75, 3.05) is 18.4 Å². The first-order valence-corrected chi connectivity index (χ1v) is 6.47. The Labute approximate surface area is 126 Å². The summed E-state index contributed by atoms with van der Waals surface area (Å²) in [4.78, 5) is 3.86. The van der Waals surface area contributed by atoms with Crippen LogP contribution in [0.1, 0.15) is 12.0 Å². The minimum atomic E-state index is -4.40. The van der Waals surface area contributed by atoms with E-state index in [0.29, 0.717) is 11.1 Å². The molecule has 1 aromatic heterocycles. The van der Waals surface area contributed by atoms with Crippen molar-refractivity contribution in [1.82, 2.24) is 10.3 Å². The summed E-state index contributed by atoms with van der Waals surface area (Å²) in [5, 5.41) is 6.83. The largest absolute Gasteiger partial charge is 0.418 e. The summed E-state index contributed by atoms with van der Waals surface area (Å²) < 4.78 is 39.4. The zero-order valence-corrected chi connectivity index (χ0v) is 11.9. The smallest absolute Gasteiger partial charge is 0.381 e. The van der Waals surface area contributed by atoms with Crippen molar-refractivity contribution < 1.29 is 13.2 Å². The lowest BCUT2D eigenvalue weighted by atomic mass is 10.1. The number of hydrogen-bond acceptors (Lipinski definition) is 3. The zero-order valence-electron chi connectivity index (χ0n) is 11.1. The molecule has 1 aliphatic rings. The molecule has 0 bridgehead atoms. The summed E-state index contributed by atoms with van der Waals surface area (Å²) in [6.07, 6.45) is -2.11. The summed E-state index contributed by atoms with van der Waals surface area (Å²) in [6.45, 7) is 1.66. The van der Waals surface area contributed by atoms with Gasteiger partial charge in [0.1, 0.15) is 0 Å². The number of pyridine rings is 1. The summed E-state index contributed by atoms with van der Waals surface area (Å²) >= 11 is 0. The molecular weight excluding hydrogens is 303 g/mol. The zero-order chi connectivity index (χ0) is 14.2. The van der Waals surface area contributed by atoms with Gasteiger partial charge >= 0.3 is 6.18 Å². The number of halogens is 4. The van der Waals surface area contributed by atoms with Crippen molar-refractivity contribution in [2.24, 2.45) is 0 Å². The quantitative estimate of drug-likeness (QED) is 0.891. The molecule has 1 fully saturated rings. The molecule has 2 N–H and O–H groups in total. The van der Waals surface area contributed by atoms with Crippen LogP contribution in [0, 0.1) is 0 Å². The van der Waals surface area contributed by atoms with Gasteiger partial charge < -0.3 is 10.6 Å². The monoisotopic (exact) mass is 317 g/mol. The number of fused-ring (bicyclic) bond motifs is 1. The Bertz CT molecular complexity index is 624. The van der Waals surface area contributed by atoms with Crippen LogP contribution in [0.2, 0.25) is 0 Å². The SMILES string of the molecule is Cl.FC(F)(F)c1cc(NC2CCNC2)cc2cccnc12. The standard InChI is InChI=1S/C14H14F3N3.ClH/c15-14(16,17)12-7-11(20-10-3-5-18-8-10)6-9-2-1-4-19-13(9)12;/h1-2,4,6-7,10,18,20H,3,5,8H2;1H. The molecule has 114 valence electrons. The Morgan fingerprint density at radius 2 is 2.10 bits per heavy atom. The number of anilines is 1. The van der Waals surface area contributed by atoms with Gasteiger partial charge in [-0.3, -0.25) is 4.98 Å². The van der Waals surface area contributed by atoms with Crippen molar-refractivity contribution >= 4 is 29.0 Å². The molecule has 3 nitrogen and oxygen atoms in total. The fourth-order valence-corrected chi connectivity index (χ4v) is 2.51. The molecule has 0 saturated carbocycles. The maximum Gasteiger partial charge on any atom is 0.418 e. The van der Waals surface area contributed by atoms with Gasteiger partial charge in [-0.1, -0.05) is 6.07 Å². The van der Waals surface area contributed by atoms with Crippen LogP contribution in [0.15, 0.2) is 30.5 Å². The molecule has 0 radical (unpaired) electrons. The third-order valence-electron chi connectivity index (χ3n) is 3.44. The highest BCUT2D eigenvalue weighted by Gasteiger charge is 2.34. The Hall–Kier alpha value is -1.53. The normalized spacial score (nSPS) is 18.5. The molecule has 0 aliphatic carbocycles. The highest BCUT2D eigenvalue weighted by molar-refractivity contribution is 5.86. The van der Waals surface area contributed by atoms with Crippen LogP contribution in [-0.2, 0) is 6.18 Å². The first-order valence-electron chi connectivity index (χ1n) is 6.47. The molecule has 7 heteroatoms. The van der Waals surface area contributed by atoms with Gasteiger partial charge in [-0.15, -0.1) is 12.4 Å². The predicted octanol–water partition coefficient (Wildman–Crippen LogP) is 3.45. The summed E-state index contributed by atoms with van der Waals surface area (Å²) in [7, 11) is 0. The van der Waals surface area contributed by atoms with Gasteiger partial charge in [0.25, 0.3) is 0 Å². The second-order valence-electron chi connectivity index (χ2n) is 4.93. The van der Waals surface area contributed by atoms with E-state index in [1.807, 2.05) is 0 Å². The number of rotatable bonds is 2. The van der Waals surface area contributed by atoms with Crippen LogP contribution >= 0.6 is 12.4 Å². The van der Waals surface area contributed by atoms with Crippen molar-refractivity contribution in [3.8, 4) is 0 Å². The Kier molecular flexibility index (Phi) is 4.58. The van der Waals surface area contributed by atoms with Gasteiger partial charge in [-0.2, -0.15) is 13.2 Å². The number of nitrogens with zero attached hydrogens (tertiary/aromatic N) is 1. The fraction of sp³-hybridized carbons (Fsp3) is 0.357. The van der Waals surface area contributed by atoms with Crippen molar-refractivity contribution in [3.05, 3.63) is 36.0 Å². The van der Waals surface area contributed by atoms with E-state index < -0.39 is 11.7 Å². The first kappa shape index (κ1) is 15.9. The topological polar surface area (TPSA) is 37.0 Å². The molecule has 3 rings (SSSR count). The average molecular weight is 318 g/mol. The Morgan fingerprint density at radius 3 is 2.76 bits per heavy atom. The summed E-state index contributed by atoms with van der Waals surface area (Å²) in [5.41, 5.74) is -0.203. The third kappa shape index (κ3) is 3.39. The molecule has 1 unspecified atom stereocenters. The van der Waals surface area contributed by atoms with E-state index in [1.54, 1.807) is 18.2 Å². The minimum Gasteiger partial charge on any atom is -0.381 e. The molecule has 0 amide bonds. The molecule has 1 aromatic carbocycles. The molecule has 1 atom stereocenters. The van der Waals surface area contributed by atoms with E-state index in [9.17, 15) is 13.2 Å². The van der Waals surface area contributed by atoms with Gasteiger partial charge in [0.2, 0.25) is 0 Å². The number of aromatic nitrogens is 1. The number of hydrogen-bond donors (Lipinski definition) is 2. The van der Waals surface area contributed by atoms with E-state index in [2.05, 4.69) is 15.6 Å². The van der Waals surface area contributed by atoms with E-state index in [1.165, 1.54) is 6.20 Å². The fourth-order valence-electron chi connectivity index (χ4n) is 2.51. The number of nitrogens with one attached hydrogen (secondary N) is 2. The lowest BCUT2D eigenvalue weighted by molar-refractivity contribution is -0.136. The minimum absolute atomic E-state index is 0. The van der Waals surface area contributed by atoms with Gasteiger partial charge in [0, 0.05) is 29.9 Å². The highest BCUT2D eigenvalue weighted by Crippen LogP contribution is 2.36. The number of benzene rings is 1. The average Bonchev–Trinajstić information content (AvgIpc) is 2.89. The lowest BCUT2D eigenvalue weighted by Gasteiger charge is -2.16. The first-order chi connectivity index (χ1) is 9.54. The van der Waals surface area contributed by atoms with Crippen molar-refractivity contribution in [3.63, 3.8) is 0 Å². The lowest BCUT2D eigenvalue weighted by Crippen LogP contribution is -2.22. The molecular formula is C14H15ClF3N3. The van der Waals surface area contributed by atoms with E-state index in [-0.39, 0.29) is 24.0 Å². The van der Waals surface area contributed by atoms with Gasteiger partial charge in [-0.05, 0) is 31.2 Å². The van der Waals surface area contributed by atoms with Crippen LogP contribution in [-0.4, -0.2) is 24.1 Å². The molecule has 1 saturated heterocycles. The highest BCUT2D eigenvalue weighted by atomic mass is 35.5.